The summed E-state index contributed by atoms with van der Waals surface area (Å²) in [5, 5.41) is 15.6. The van der Waals surface area contributed by atoms with Crippen LogP contribution in [0.4, 0.5) is 0 Å². The molecule has 54 heavy (non-hydrogen) atoms. The molecule has 0 bridgehead atoms. The molecule has 1 radical (unpaired) electrons. The van der Waals surface area contributed by atoms with Gasteiger partial charge in [-0.1, -0.05) is 41.5 Å². The fourth-order valence-corrected chi connectivity index (χ4v) is 10.7. The fraction of sp³-hybridized carbons (Fsp3) is 0.510. The van der Waals surface area contributed by atoms with E-state index in [-0.39, 0.29) is 73.2 Å². The molecule has 0 fully saturated rings. The number of benzene rings is 3. The molecule has 0 saturated carbocycles. The van der Waals surface area contributed by atoms with Gasteiger partial charge < -0.3 is 5.11 Å². The minimum Gasteiger partial charge on any atom is 0 e. The first kappa shape index (κ1) is 44.2. The summed E-state index contributed by atoms with van der Waals surface area (Å²) in [5.41, 5.74) is 8.06. The van der Waals surface area contributed by atoms with E-state index in [9.17, 15) is 9.90 Å². The normalized spacial score (nSPS) is 15.8. The second-order valence-electron chi connectivity index (χ2n) is 18.5. The van der Waals surface area contributed by atoms with Gasteiger partial charge in [-0.05, 0) is 25.7 Å². The summed E-state index contributed by atoms with van der Waals surface area (Å²) in [6.45, 7) is 31.1. The zero-order chi connectivity index (χ0) is 39.3. The molecule has 3 aromatic carbocycles. The van der Waals surface area contributed by atoms with Crippen LogP contribution in [0.15, 0.2) is 60.5 Å². The molecule has 3 nitrogen and oxygen atoms in total. The van der Waals surface area contributed by atoms with Gasteiger partial charge in [0.15, 0.2) is 5.78 Å². The van der Waals surface area contributed by atoms with Crippen molar-refractivity contribution in [1.29, 1.82) is 0 Å². The van der Waals surface area contributed by atoms with Crippen molar-refractivity contribution in [2.24, 2.45) is 10.8 Å². The van der Waals surface area contributed by atoms with Crippen molar-refractivity contribution in [3.63, 3.8) is 0 Å². The van der Waals surface area contributed by atoms with E-state index in [2.05, 4.69) is 104 Å². The zero-order valence-electron chi connectivity index (χ0n) is 35.5. The number of hydrogen-bond acceptors (Lipinski definition) is 3. The number of fused-ring (bicyclic) bond motifs is 6. The Kier molecular flexibility index (Phi) is 13.2. The van der Waals surface area contributed by atoms with Gasteiger partial charge in [-0.3, -0.25) is 4.79 Å². The Bertz CT molecular complexity index is 2190. The van der Waals surface area contributed by atoms with E-state index in [1.165, 1.54) is 55.8 Å². The van der Waals surface area contributed by atoms with Gasteiger partial charge in [-0.25, -0.2) is 0 Å². The average molecular weight is 970 g/mol. The maximum absolute atomic E-state index is 12.2. The number of aryl methyl sites for hydroxylation is 1. The number of aromatic nitrogens is 1. The van der Waals surface area contributed by atoms with E-state index in [0.29, 0.717) is 0 Å². The third-order valence-electron chi connectivity index (χ3n) is 13.1. The largest absolute Gasteiger partial charge is 0 e. The Morgan fingerprint density at radius 2 is 1.44 bits per heavy atom. The third kappa shape index (κ3) is 8.14. The SMILES string of the molecule is CCC(C)(CC)C(=O)/C=C(\O)C(C)(CC)CC.Cc1cc2c(c3c1[se]c1c(-c4[c-]c5ccccc5c(C(C)(C)C)c4)nccc13)C(C)(C)CCC2(C)C.[Ir]. The molecule has 1 N–H and O–H groups in total. The standard InChI is InChI=1S/C34H36NSe.C15H28O2.Ir/c1-20-17-26-28(34(7,8)15-14-33(26,5)6)27-24-13-16-35-29(31(24)36-30(20)27)22-18-21-11-9-10-12-23(21)25(19-22)32(2,3)4;1-7-14(5,8-2)12(16)11-13(17)15(6,9-3)10-4;/h9-13,16-17,19H,14-15H2,1-8H3;11,16H,7-10H2,1-6H3;/q-1;;/b;12-11-;. The Morgan fingerprint density at radius 1 is 0.852 bits per heavy atom. The Balaban J connectivity index is 0.000000309. The van der Waals surface area contributed by atoms with Gasteiger partial charge in [0.2, 0.25) is 0 Å². The van der Waals surface area contributed by atoms with E-state index < -0.39 is 0 Å². The fourth-order valence-electron chi connectivity index (χ4n) is 8.01. The van der Waals surface area contributed by atoms with Crippen LogP contribution >= 0.6 is 0 Å². The number of aliphatic hydroxyl groups excluding tert-OH is 1. The van der Waals surface area contributed by atoms with Crippen LogP contribution in [0.5, 0.6) is 0 Å². The Morgan fingerprint density at radius 3 is 2.04 bits per heavy atom. The summed E-state index contributed by atoms with van der Waals surface area (Å²) >= 11 is 0.229. The van der Waals surface area contributed by atoms with Crippen LogP contribution in [0, 0.1) is 23.8 Å². The van der Waals surface area contributed by atoms with E-state index >= 15 is 0 Å². The summed E-state index contributed by atoms with van der Waals surface area (Å²) in [6.07, 6.45) is 9.27. The smallest absolute Gasteiger partial charge is 0 e. The Hall–Kier alpha value is -2.55. The number of pyridine rings is 1. The minimum absolute atomic E-state index is 0. The number of carbonyl (C=O) groups is 1. The van der Waals surface area contributed by atoms with Crippen LogP contribution in [0.1, 0.15) is 151 Å². The third-order valence-corrected chi connectivity index (χ3v) is 15.9. The molecule has 0 spiro atoms. The van der Waals surface area contributed by atoms with Crippen LogP contribution < -0.4 is 0 Å². The van der Waals surface area contributed by atoms with Crippen LogP contribution in [-0.4, -0.2) is 30.4 Å². The topological polar surface area (TPSA) is 50.2 Å². The first-order valence-electron chi connectivity index (χ1n) is 19.9. The number of allylic oxidation sites excluding steroid dienone is 2. The molecular formula is C49H64IrNO2Se-. The summed E-state index contributed by atoms with van der Waals surface area (Å²) < 4.78 is 3.00. The van der Waals surface area contributed by atoms with Crippen LogP contribution in [0.3, 0.4) is 0 Å². The van der Waals surface area contributed by atoms with Gasteiger partial charge in [0.25, 0.3) is 0 Å². The minimum atomic E-state index is -0.337. The first-order chi connectivity index (χ1) is 24.7. The van der Waals surface area contributed by atoms with E-state index in [4.69, 9.17) is 4.98 Å². The van der Waals surface area contributed by atoms with Crippen molar-refractivity contribution in [1.82, 2.24) is 4.98 Å². The maximum Gasteiger partial charge on any atom is 0 e. The molecule has 0 amide bonds. The molecule has 2 heterocycles. The van der Waals surface area contributed by atoms with E-state index in [1.807, 2.05) is 47.7 Å². The summed E-state index contributed by atoms with van der Waals surface area (Å²) in [4.78, 5) is 17.2. The summed E-state index contributed by atoms with van der Waals surface area (Å²) in [6, 6.07) is 19.6. The summed E-state index contributed by atoms with van der Waals surface area (Å²) in [5.74, 6) is 0.286. The molecule has 1 aliphatic rings. The molecule has 1 aliphatic carbocycles. The van der Waals surface area contributed by atoms with Gasteiger partial charge in [0, 0.05) is 37.0 Å². The van der Waals surface area contributed by atoms with Crippen LogP contribution in [0.25, 0.3) is 41.3 Å². The van der Waals surface area contributed by atoms with Gasteiger partial charge in [0.05, 0.1) is 0 Å². The number of rotatable bonds is 8. The number of ketones is 1. The van der Waals surface area contributed by atoms with E-state index in [1.54, 1.807) is 15.4 Å². The number of aliphatic hydroxyl groups is 1. The number of carbonyl (C=O) groups excluding carboxylic acids is 1. The van der Waals surface area contributed by atoms with Crippen LogP contribution in [-0.2, 0) is 41.1 Å². The number of nitrogens with zero attached hydrogens (tertiary/aromatic N) is 1. The quantitative estimate of drug-likeness (QED) is 0.0730. The van der Waals surface area contributed by atoms with E-state index in [0.717, 1.165) is 36.9 Å². The van der Waals surface area contributed by atoms with Gasteiger partial charge in [0.1, 0.15) is 5.76 Å². The molecule has 5 aromatic rings. The zero-order valence-corrected chi connectivity index (χ0v) is 39.6. The predicted molar refractivity (Wildman–Crippen MR) is 230 cm³/mol. The number of hydrogen-bond donors (Lipinski definition) is 1. The van der Waals surface area contributed by atoms with Crippen molar-refractivity contribution >= 4 is 50.4 Å². The molecule has 0 unspecified atom stereocenters. The summed E-state index contributed by atoms with van der Waals surface area (Å²) in [7, 11) is 0. The second-order valence-corrected chi connectivity index (χ2v) is 20.7. The van der Waals surface area contributed by atoms with Crippen molar-refractivity contribution in [3.05, 3.63) is 88.8 Å². The van der Waals surface area contributed by atoms with Crippen molar-refractivity contribution < 1.29 is 30.0 Å². The second kappa shape index (κ2) is 16.1. The molecule has 293 valence electrons. The van der Waals surface area contributed by atoms with Crippen LogP contribution in [0.2, 0.25) is 0 Å². The maximum atomic E-state index is 12.2. The molecule has 0 saturated heterocycles. The van der Waals surface area contributed by atoms with Gasteiger partial charge >= 0.3 is 222 Å². The van der Waals surface area contributed by atoms with Crippen molar-refractivity contribution in [2.75, 3.05) is 0 Å². The van der Waals surface area contributed by atoms with Crippen molar-refractivity contribution in [3.8, 4) is 11.3 Å². The molecule has 0 aliphatic heterocycles. The predicted octanol–water partition coefficient (Wildman–Crippen LogP) is 13.7. The first-order valence-corrected chi connectivity index (χ1v) is 21.7. The molecule has 6 rings (SSSR count). The Labute approximate surface area is 345 Å². The molecule has 2 aromatic heterocycles. The molecular weight excluding hydrogens is 906 g/mol. The molecule has 0 atom stereocenters. The van der Waals surface area contributed by atoms with Gasteiger partial charge in [-0.2, -0.15) is 0 Å². The monoisotopic (exact) mass is 971 g/mol. The molecule has 5 heteroatoms. The van der Waals surface area contributed by atoms with Crippen molar-refractivity contribution in [2.45, 2.75) is 152 Å². The van der Waals surface area contributed by atoms with Gasteiger partial charge in [-0.15, -0.1) is 0 Å². The average Bonchev–Trinajstić information content (AvgIpc) is 3.52.